The van der Waals surface area contributed by atoms with Crippen LogP contribution < -0.4 is 10.6 Å². The molecule has 0 saturated heterocycles. The highest BCUT2D eigenvalue weighted by molar-refractivity contribution is 7.10. The average Bonchev–Trinajstić information content (AvgIpc) is 3.03. The standard InChI is InChI=1S/C16H20N4OS/c21-16(11-13-7-4-10-22-13)18-15-9-8-14(19-20-15)17-12-5-2-1-3-6-12/h4,7-10,12H,1-3,5-6,11H2,(H,17,19)(H,18,20,21). The maximum atomic E-state index is 11.9. The fraction of sp³-hybridized carbons (Fsp3) is 0.438. The van der Waals surface area contributed by atoms with Crippen molar-refractivity contribution in [3.8, 4) is 0 Å². The van der Waals surface area contributed by atoms with Crippen LogP contribution in [0.4, 0.5) is 11.6 Å². The van der Waals surface area contributed by atoms with Crippen molar-refractivity contribution in [2.24, 2.45) is 0 Å². The summed E-state index contributed by atoms with van der Waals surface area (Å²) in [5, 5.41) is 16.4. The molecule has 1 amide bonds. The molecule has 5 nitrogen and oxygen atoms in total. The van der Waals surface area contributed by atoms with Crippen LogP contribution in [-0.4, -0.2) is 22.1 Å². The minimum atomic E-state index is -0.0651. The number of carbonyl (C=O) groups is 1. The van der Waals surface area contributed by atoms with Gasteiger partial charge in [0.05, 0.1) is 6.42 Å². The van der Waals surface area contributed by atoms with Crippen LogP contribution in [0.15, 0.2) is 29.6 Å². The van der Waals surface area contributed by atoms with E-state index in [0.717, 1.165) is 10.7 Å². The van der Waals surface area contributed by atoms with E-state index in [4.69, 9.17) is 0 Å². The van der Waals surface area contributed by atoms with E-state index in [-0.39, 0.29) is 5.91 Å². The van der Waals surface area contributed by atoms with E-state index >= 15 is 0 Å². The molecule has 0 spiro atoms. The molecular weight excluding hydrogens is 296 g/mol. The van der Waals surface area contributed by atoms with Crippen LogP contribution in [0.1, 0.15) is 37.0 Å². The third-order valence-corrected chi connectivity index (χ3v) is 4.68. The van der Waals surface area contributed by atoms with Crippen LogP contribution >= 0.6 is 11.3 Å². The Morgan fingerprint density at radius 1 is 1.14 bits per heavy atom. The van der Waals surface area contributed by atoms with Crippen molar-refractivity contribution in [3.05, 3.63) is 34.5 Å². The van der Waals surface area contributed by atoms with Crippen LogP contribution in [0, 0.1) is 0 Å². The highest BCUT2D eigenvalue weighted by Gasteiger charge is 2.13. The quantitative estimate of drug-likeness (QED) is 0.886. The summed E-state index contributed by atoms with van der Waals surface area (Å²) >= 11 is 1.58. The molecule has 2 aromatic rings. The molecule has 2 heterocycles. The Labute approximate surface area is 134 Å². The average molecular weight is 316 g/mol. The molecule has 2 aromatic heterocycles. The van der Waals surface area contributed by atoms with Crippen LogP contribution in [0.5, 0.6) is 0 Å². The summed E-state index contributed by atoms with van der Waals surface area (Å²) in [5.74, 6) is 1.21. The molecule has 0 aliphatic heterocycles. The Balaban J connectivity index is 1.51. The minimum absolute atomic E-state index is 0.0651. The topological polar surface area (TPSA) is 66.9 Å². The van der Waals surface area contributed by atoms with Gasteiger partial charge in [-0.2, -0.15) is 0 Å². The smallest absolute Gasteiger partial charge is 0.230 e. The Morgan fingerprint density at radius 2 is 1.91 bits per heavy atom. The van der Waals surface area contributed by atoms with Crippen LogP contribution in [-0.2, 0) is 11.2 Å². The predicted octanol–water partition coefficient (Wildman–Crippen LogP) is 3.46. The molecule has 1 aliphatic carbocycles. The van der Waals surface area contributed by atoms with Crippen LogP contribution in [0.25, 0.3) is 0 Å². The monoisotopic (exact) mass is 316 g/mol. The van der Waals surface area contributed by atoms with Gasteiger partial charge in [-0.15, -0.1) is 21.5 Å². The van der Waals surface area contributed by atoms with Gasteiger partial charge < -0.3 is 10.6 Å². The second-order valence-corrected chi connectivity index (χ2v) is 6.62. The zero-order valence-corrected chi connectivity index (χ0v) is 13.2. The maximum Gasteiger partial charge on any atom is 0.230 e. The fourth-order valence-electron chi connectivity index (χ4n) is 2.69. The molecule has 1 saturated carbocycles. The molecule has 0 unspecified atom stereocenters. The summed E-state index contributed by atoms with van der Waals surface area (Å²) in [6.07, 6.45) is 6.66. The first-order chi connectivity index (χ1) is 10.8. The zero-order chi connectivity index (χ0) is 15.2. The largest absolute Gasteiger partial charge is 0.366 e. The highest BCUT2D eigenvalue weighted by atomic mass is 32.1. The van der Waals surface area contributed by atoms with Crippen molar-refractivity contribution in [2.75, 3.05) is 10.6 Å². The van der Waals surface area contributed by atoms with Crippen molar-refractivity contribution < 1.29 is 4.79 Å². The van der Waals surface area contributed by atoms with Gasteiger partial charge in [-0.3, -0.25) is 4.79 Å². The summed E-state index contributed by atoms with van der Waals surface area (Å²) in [6.45, 7) is 0. The van der Waals surface area contributed by atoms with E-state index in [1.54, 1.807) is 17.4 Å². The van der Waals surface area contributed by atoms with Gasteiger partial charge in [-0.25, -0.2) is 0 Å². The number of rotatable bonds is 5. The lowest BCUT2D eigenvalue weighted by molar-refractivity contribution is -0.115. The summed E-state index contributed by atoms with van der Waals surface area (Å²) in [7, 11) is 0. The van der Waals surface area contributed by atoms with Gasteiger partial charge in [0.15, 0.2) is 5.82 Å². The Kier molecular flexibility index (Phi) is 5.00. The van der Waals surface area contributed by atoms with E-state index in [1.807, 2.05) is 23.6 Å². The lowest BCUT2D eigenvalue weighted by Gasteiger charge is -2.22. The third kappa shape index (κ3) is 4.27. The number of anilines is 2. The van der Waals surface area contributed by atoms with Crippen molar-refractivity contribution >= 4 is 28.9 Å². The first kappa shape index (κ1) is 15.0. The van der Waals surface area contributed by atoms with Crippen molar-refractivity contribution in [3.63, 3.8) is 0 Å². The summed E-state index contributed by atoms with van der Waals surface area (Å²) in [6, 6.07) is 8.07. The van der Waals surface area contributed by atoms with Crippen molar-refractivity contribution in [2.45, 2.75) is 44.6 Å². The second kappa shape index (κ2) is 7.35. The molecule has 1 aliphatic rings. The van der Waals surface area contributed by atoms with E-state index < -0.39 is 0 Å². The molecular formula is C16H20N4OS. The van der Waals surface area contributed by atoms with Gasteiger partial charge >= 0.3 is 0 Å². The first-order valence-electron chi connectivity index (χ1n) is 7.72. The van der Waals surface area contributed by atoms with Gasteiger partial charge in [0.1, 0.15) is 5.82 Å². The summed E-state index contributed by atoms with van der Waals surface area (Å²) < 4.78 is 0. The number of hydrogen-bond acceptors (Lipinski definition) is 5. The van der Waals surface area contributed by atoms with Gasteiger partial charge in [-0.05, 0) is 36.4 Å². The SMILES string of the molecule is O=C(Cc1cccs1)Nc1ccc(NC2CCCCC2)nn1. The Hall–Kier alpha value is -1.95. The highest BCUT2D eigenvalue weighted by Crippen LogP contribution is 2.20. The van der Waals surface area contributed by atoms with Gasteiger partial charge in [-0.1, -0.05) is 25.3 Å². The number of nitrogens with zero attached hydrogens (tertiary/aromatic N) is 2. The molecule has 0 aromatic carbocycles. The molecule has 2 N–H and O–H groups in total. The van der Waals surface area contributed by atoms with E-state index in [2.05, 4.69) is 20.8 Å². The predicted molar refractivity (Wildman–Crippen MR) is 89.2 cm³/mol. The molecule has 6 heteroatoms. The van der Waals surface area contributed by atoms with E-state index in [1.165, 1.54) is 32.1 Å². The van der Waals surface area contributed by atoms with Crippen LogP contribution in [0.2, 0.25) is 0 Å². The lowest BCUT2D eigenvalue weighted by Crippen LogP contribution is -2.23. The zero-order valence-electron chi connectivity index (χ0n) is 12.4. The summed E-state index contributed by atoms with van der Waals surface area (Å²) in [4.78, 5) is 12.9. The molecule has 22 heavy (non-hydrogen) atoms. The third-order valence-electron chi connectivity index (χ3n) is 3.80. The maximum absolute atomic E-state index is 11.9. The van der Waals surface area contributed by atoms with Gasteiger partial charge in [0.25, 0.3) is 0 Å². The van der Waals surface area contributed by atoms with E-state index in [0.29, 0.717) is 18.3 Å². The molecule has 0 radical (unpaired) electrons. The second-order valence-electron chi connectivity index (χ2n) is 5.59. The molecule has 116 valence electrons. The molecule has 0 atom stereocenters. The van der Waals surface area contributed by atoms with Crippen LogP contribution in [0.3, 0.4) is 0 Å². The van der Waals surface area contributed by atoms with Crippen molar-refractivity contribution in [1.29, 1.82) is 0 Å². The minimum Gasteiger partial charge on any atom is -0.366 e. The van der Waals surface area contributed by atoms with Gasteiger partial charge in [0, 0.05) is 10.9 Å². The first-order valence-corrected chi connectivity index (χ1v) is 8.60. The number of thiophene rings is 1. The van der Waals surface area contributed by atoms with Gasteiger partial charge in [0.2, 0.25) is 5.91 Å². The van der Waals surface area contributed by atoms with E-state index in [9.17, 15) is 4.79 Å². The molecule has 0 bridgehead atoms. The number of carbonyl (C=O) groups excluding carboxylic acids is 1. The Bertz CT molecular complexity index is 591. The lowest BCUT2D eigenvalue weighted by atomic mass is 9.95. The normalized spacial score (nSPS) is 15.5. The van der Waals surface area contributed by atoms with Crippen molar-refractivity contribution in [1.82, 2.24) is 10.2 Å². The fourth-order valence-corrected chi connectivity index (χ4v) is 3.39. The molecule has 1 fully saturated rings. The summed E-state index contributed by atoms with van der Waals surface area (Å²) in [5.41, 5.74) is 0. The number of amides is 1. The number of aromatic nitrogens is 2. The number of nitrogens with one attached hydrogen (secondary N) is 2. The molecule has 3 rings (SSSR count). The number of hydrogen-bond donors (Lipinski definition) is 2. The Morgan fingerprint density at radius 3 is 2.59 bits per heavy atom.